The van der Waals surface area contributed by atoms with E-state index in [1.54, 1.807) is 0 Å². The molecule has 1 aliphatic rings. The molecule has 3 heteroatoms. The lowest BCUT2D eigenvalue weighted by Crippen LogP contribution is -2.45. The number of hydrogen-bond acceptors (Lipinski definition) is 2. The fourth-order valence-electron chi connectivity index (χ4n) is 1.95. The van der Waals surface area contributed by atoms with Gasteiger partial charge < -0.3 is 10.4 Å². The molecule has 0 spiro atoms. The summed E-state index contributed by atoms with van der Waals surface area (Å²) in [6.07, 6.45) is 3.00. The second-order valence-electron chi connectivity index (χ2n) is 4.76. The molecule has 16 heavy (non-hydrogen) atoms. The Morgan fingerprint density at radius 3 is 2.75 bits per heavy atom. The minimum absolute atomic E-state index is 0.450. The Balaban J connectivity index is 1.83. The van der Waals surface area contributed by atoms with Gasteiger partial charge >= 0.3 is 0 Å². The molecule has 1 aromatic carbocycles. The van der Waals surface area contributed by atoms with Crippen molar-refractivity contribution >= 4 is 11.6 Å². The highest BCUT2D eigenvalue weighted by atomic mass is 35.5. The van der Waals surface area contributed by atoms with Crippen molar-refractivity contribution < 1.29 is 5.11 Å². The van der Waals surface area contributed by atoms with Crippen LogP contribution in [0.1, 0.15) is 30.4 Å². The van der Waals surface area contributed by atoms with Gasteiger partial charge in [0.25, 0.3) is 0 Å². The maximum atomic E-state index is 9.90. The third-order valence-corrected chi connectivity index (χ3v) is 3.71. The number of halogens is 1. The predicted octanol–water partition coefficient (Wildman–Crippen LogP) is 2.65. The van der Waals surface area contributed by atoms with Crippen molar-refractivity contribution in [3.63, 3.8) is 0 Å². The smallest absolute Gasteiger partial charge is 0.0771 e. The molecule has 0 atom stereocenters. The first kappa shape index (κ1) is 11.9. The van der Waals surface area contributed by atoms with E-state index in [-0.39, 0.29) is 0 Å². The fraction of sp³-hybridized carbons (Fsp3) is 0.538. The summed E-state index contributed by atoms with van der Waals surface area (Å²) < 4.78 is 0. The molecule has 0 saturated heterocycles. The van der Waals surface area contributed by atoms with Crippen LogP contribution in [0.2, 0.25) is 5.02 Å². The molecule has 0 unspecified atom stereocenters. The highest BCUT2D eigenvalue weighted by Crippen LogP contribution is 2.30. The van der Waals surface area contributed by atoms with Gasteiger partial charge in [-0.05, 0) is 43.4 Å². The van der Waals surface area contributed by atoms with Gasteiger partial charge in [-0.1, -0.05) is 23.7 Å². The van der Waals surface area contributed by atoms with Gasteiger partial charge in [-0.25, -0.2) is 0 Å². The average molecular weight is 240 g/mol. The zero-order valence-corrected chi connectivity index (χ0v) is 10.3. The van der Waals surface area contributed by atoms with Crippen LogP contribution in [0.5, 0.6) is 0 Å². The molecule has 1 aliphatic carbocycles. The van der Waals surface area contributed by atoms with Crippen molar-refractivity contribution in [3.05, 3.63) is 34.3 Å². The molecule has 0 aromatic heterocycles. The number of nitrogens with one attached hydrogen (secondary N) is 1. The molecule has 1 fully saturated rings. The van der Waals surface area contributed by atoms with E-state index in [0.717, 1.165) is 36.4 Å². The number of benzene rings is 1. The molecular weight excluding hydrogens is 222 g/mol. The highest BCUT2D eigenvalue weighted by molar-refractivity contribution is 6.31. The predicted molar refractivity (Wildman–Crippen MR) is 66.7 cm³/mol. The first-order chi connectivity index (χ1) is 7.59. The Hall–Kier alpha value is -0.570. The van der Waals surface area contributed by atoms with E-state index in [1.807, 2.05) is 19.1 Å². The summed E-state index contributed by atoms with van der Waals surface area (Å²) in [5.41, 5.74) is 1.82. The van der Waals surface area contributed by atoms with Crippen molar-refractivity contribution in [1.29, 1.82) is 0 Å². The average Bonchev–Trinajstić information content (AvgIpc) is 2.21. The maximum Gasteiger partial charge on any atom is 0.0771 e. The topological polar surface area (TPSA) is 32.3 Å². The van der Waals surface area contributed by atoms with Crippen LogP contribution in [0.25, 0.3) is 0 Å². The molecule has 88 valence electrons. The highest BCUT2D eigenvalue weighted by Gasteiger charge is 2.33. The minimum atomic E-state index is -0.450. The normalized spacial score (nSPS) is 18.2. The Kier molecular flexibility index (Phi) is 3.53. The van der Waals surface area contributed by atoms with Crippen LogP contribution in [0.3, 0.4) is 0 Å². The van der Waals surface area contributed by atoms with Gasteiger partial charge in [0, 0.05) is 18.1 Å². The van der Waals surface area contributed by atoms with Crippen LogP contribution in [0, 0.1) is 6.92 Å². The van der Waals surface area contributed by atoms with Crippen molar-refractivity contribution in [2.24, 2.45) is 0 Å². The number of aryl methyl sites for hydroxylation is 1. The Bertz CT molecular complexity index is 374. The molecule has 0 radical (unpaired) electrons. The second kappa shape index (κ2) is 4.74. The van der Waals surface area contributed by atoms with Gasteiger partial charge in [-0.3, -0.25) is 0 Å². The van der Waals surface area contributed by atoms with Crippen LogP contribution in [-0.4, -0.2) is 17.3 Å². The van der Waals surface area contributed by atoms with E-state index < -0.39 is 5.60 Å². The van der Waals surface area contributed by atoms with Gasteiger partial charge in [0.15, 0.2) is 0 Å². The quantitative estimate of drug-likeness (QED) is 0.847. The fourth-order valence-corrected chi connectivity index (χ4v) is 2.15. The van der Waals surface area contributed by atoms with Gasteiger partial charge in [-0.2, -0.15) is 0 Å². The van der Waals surface area contributed by atoms with Crippen LogP contribution in [-0.2, 0) is 6.54 Å². The van der Waals surface area contributed by atoms with E-state index >= 15 is 0 Å². The van der Waals surface area contributed by atoms with E-state index in [4.69, 9.17) is 11.6 Å². The van der Waals surface area contributed by atoms with E-state index in [9.17, 15) is 5.11 Å². The van der Waals surface area contributed by atoms with Crippen molar-refractivity contribution in [3.8, 4) is 0 Å². The van der Waals surface area contributed by atoms with Gasteiger partial charge in [0.1, 0.15) is 0 Å². The number of rotatable bonds is 4. The van der Waals surface area contributed by atoms with Gasteiger partial charge in [0.05, 0.1) is 5.60 Å². The Morgan fingerprint density at radius 2 is 2.19 bits per heavy atom. The molecule has 1 saturated carbocycles. The number of hydrogen-bond donors (Lipinski definition) is 2. The monoisotopic (exact) mass is 239 g/mol. The third-order valence-electron chi connectivity index (χ3n) is 3.30. The molecule has 2 nitrogen and oxygen atoms in total. The first-order valence-corrected chi connectivity index (χ1v) is 6.15. The molecule has 0 heterocycles. The summed E-state index contributed by atoms with van der Waals surface area (Å²) in [5.74, 6) is 0. The summed E-state index contributed by atoms with van der Waals surface area (Å²) in [7, 11) is 0. The standard InChI is InChI=1S/C13H18ClNO/c1-10-3-4-11(7-12(10)14)8-15-9-13(16)5-2-6-13/h3-4,7,15-16H,2,5-6,8-9H2,1H3. The molecule has 2 N–H and O–H groups in total. The van der Waals surface area contributed by atoms with Crippen LogP contribution < -0.4 is 5.32 Å². The van der Waals surface area contributed by atoms with Gasteiger partial charge in [0.2, 0.25) is 0 Å². The molecule has 1 aromatic rings. The molecular formula is C13H18ClNO. The number of aliphatic hydroxyl groups is 1. The SMILES string of the molecule is Cc1ccc(CNCC2(O)CCC2)cc1Cl. The maximum absolute atomic E-state index is 9.90. The van der Waals surface area contributed by atoms with Crippen molar-refractivity contribution in [2.45, 2.75) is 38.3 Å². The summed E-state index contributed by atoms with van der Waals surface area (Å²) in [6, 6.07) is 6.07. The summed E-state index contributed by atoms with van der Waals surface area (Å²) in [6.45, 7) is 3.44. The lowest BCUT2D eigenvalue weighted by Gasteiger charge is -2.36. The summed E-state index contributed by atoms with van der Waals surface area (Å²) in [5, 5.41) is 14.0. The van der Waals surface area contributed by atoms with E-state index in [2.05, 4.69) is 11.4 Å². The van der Waals surface area contributed by atoms with Crippen molar-refractivity contribution in [2.75, 3.05) is 6.54 Å². The molecule has 0 aliphatic heterocycles. The first-order valence-electron chi connectivity index (χ1n) is 5.77. The Morgan fingerprint density at radius 1 is 1.44 bits per heavy atom. The lowest BCUT2D eigenvalue weighted by molar-refractivity contribution is -0.0314. The molecule has 2 rings (SSSR count). The lowest BCUT2D eigenvalue weighted by atomic mass is 9.80. The van der Waals surface area contributed by atoms with Crippen LogP contribution in [0.4, 0.5) is 0 Å². The van der Waals surface area contributed by atoms with Crippen LogP contribution in [0.15, 0.2) is 18.2 Å². The zero-order chi connectivity index (χ0) is 11.6. The Labute approximate surface area is 102 Å². The summed E-state index contributed by atoms with van der Waals surface area (Å²) in [4.78, 5) is 0. The zero-order valence-electron chi connectivity index (χ0n) is 9.59. The largest absolute Gasteiger partial charge is 0.389 e. The molecule has 0 bridgehead atoms. The molecule has 0 amide bonds. The van der Waals surface area contributed by atoms with Crippen molar-refractivity contribution in [1.82, 2.24) is 5.32 Å². The van der Waals surface area contributed by atoms with E-state index in [1.165, 1.54) is 5.56 Å². The third kappa shape index (κ3) is 2.76. The van der Waals surface area contributed by atoms with E-state index in [0.29, 0.717) is 6.54 Å². The minimum Gasteiger partial charge on any atom is -0.389 e. The van der Waals surface area contributed by atoms with Gasteiger partial charge in [-0.15, -0.1) is 0 Å². The second-order valence-corrected chi connectivity index (χ2v) is 5.17. The summed E-state index contributed by atoms with van der Waals surface area (Å²) >= 11 is 6.04. The van der Waals surface area contributed by atoms with Crippen LogP contribution >= 0.6 is 11.6 Å².